The van der Waals surface area contributed by atoms with E-state index in [-0.39, 0.29) is 10.5 Å². The highest BCUT2D eigenvalue weighted by atomic mass is 32.2. The van der Waals surface area contributed by atoms with E-state index in [0.29, 0.717) is 16.3 Å². The number of benzene rings is 2. The normalized spacial score (nSPS) is 10.9. The number of rotatable bonds is 6. The van der Waals surface area contributed by atoms with E-state index in [9.17, 15) is 18.0 Å². The van der Waals surface area contributed by atoms with Crippen molar-refractivity contribution in [1.82, 2.24) is 10.9 Å². The molecule has 0 fully saturated rings. The van der Waals surface area contributed by atoms with Crippen molar-refractivity contribution in [3.8, 4) is 5.75 Å². The third-order valence-corrected chi connectivity index (χ3v) is 6.38. The van der Waals surface area contributed by atoms with Gasteiger partial charge in [0.1, 0.15) is 5.75 Å². The fraction of sp³-hybridized carbons (Fsp3) is 0.100. The van der Waals surface area contributed by atoms with Crippen molar-refractivity contribution in [2.24, 2.45) is 0 Å². The molecule has 0 saturated heterocycles. The van der Waals surface area contributed by atoms with E-state index in [1.165, 1.54) is 42.7 Å². The zero-order valence-corrected chi connectivity index (χ0v) is 17.8. The second-order valence-electron chi connectivity index (χ2n) is 6.18. The van der Waals surface area contributed by atoms with Crippen molar-refractivity contribution in [3.63, 3.8) is 0 Å². The summed E-state index contributed by atoms with van der Waals surface area (Å²) in [4.78, 5) is 25.7. The molecule has 0 aliphatic heterocycles. The van der Waals surface area contributed by atoms with Crippen LogP contribution in [0.15, 0.2) is 65.6 Å². The highest BCUT2D eigenvalue weighted by Gasteiger charge is 2.17. The summed E-state index contributed by atoms with van der Waals surface area (Å²) in [6.45, 7) is 1.87. The number of carbonyl (C=O) groups excluding carboxylic acids is 2. The number of amides is 2. The van der Waals surface area contributed by atoms with Gasteiger partial charge in [-0.25, -0.2) is 8.42 Å². The van der Waals surface area contributed by atoms with E-state index in [1.807, 2.05) is 6.92 Å². The molecule has 0 unspecified atom stereocenters. The third-order valence-electron chi connectivity index (χ3n) is 4.00. The molecule has 156 valence electrons. The second-order valence-corrected chi connectivity index (χ2v) is 9.15. The quantitative estimate of drug-likeness (QED) is 0.505. The number of hydrazine groups is 1. The fourth-order valence-corrected chi connectivity index (χ4v) is 4.35. The Morgan fingerprint density at radius 2 is 1.63 bits per heavy atom. The van der Waals surface area contributed by atoms with E-state index < -0.39 is 21.8 Å². The van der Waals surface area contributed by atoms with Crippen LogP contribution in [0.1, 0.15) is 24.9 Å². The molecule has 1 heterocycles. The van der Waals surface area contributed by atoms with Crippen molar-refractivity contribution in [1.29, 1.82) is 0 Å². The Morgan fingerprint density at radius 3 is 2.27 bits per heavy atom. The molecular formula is C20H19N3O5S2. The van der Waals surface area contributed by atoms with Crippen molar-refractivity contribution < 1.29 is 22.7 Å². The molecule has 0 saturated carbocycles. The van der Waals surface area contributed by atoms with E-state index >= 15 is 0 Å². The Bertz CT molecular complexity index is 1170. The summed E-state index contributed by atoms with van der Waals surface area (Å²) in [5.74, 6) is -0.499. The maximum Gasteiger partial charge on any atom is 0.279 e. The number of nitrogens with one attached hydrogen (secondary N) is 3. The summed E-state index contributed by atoms with van der Waals surface area (Å²) >= 11 is 1.29. The molecule has 3 rings (SSSR count). The van der Waals surface area contributed by atoms with Gasteiger partial charge in [-0.1, -0.05) is 6.07 Å². The van der Waals surface area contributed by atoms with E-state index in [0.717, 1.165) is 4.88 Å². The highest BCUT2D eigenvalue weighted by Crippen LogP contribution is 2.20. The molecule has 3 aromatic rings. The smallest absolute Gasteiger partial charge is 0.279 e. The summed E-state index contributed by atoms with van der Waals surface area (Å²) in [7, 11) is -2.40. The lowest BCUT2D eigenvalue weighted by Crippen LogP contribution is -2.41. The van der Waals surface area contributed by atoms with Crippen LogP contribution in [0.4, 0.5) is 5.69 Å². The lowest BCUT2D eigenvalue weighted by atomic mass is 10.2. The van der Waals surface area contributed by atoms with Crippen LogP contribution in [0.2, 0.25) is 0 Å². The first-order valence-electron chi connectivity index (χ1n) is 8.72. The van der Waals surface area contributed by atoms with Crippen molar-refractivity contribution in [2.45, 2.75) is 11.8 Å². The lowest BCUT2D eigenvalue weighted by molar-refractivity contribution is 0.0849. The molecule has 0 atom stereocenters. The first kappa shape index (κ1) is 21.3. The number of hydrogen-bond acceptors (Lipinski definition) is 6. The van der Waals surface area contributed by atoms with Crippen LogP contribution in [0.3, 0.4) is 0 Å². The standard InChI is InChI=1S/C20H19N3O5S2/c1-13-6-11-18(29-13)20(25)22-21-19(24)14-4-3-5-17(12-14)30(26,27)23-15-7-9-16(28-2)10-8-15/h3-12,23H,1-2H3,(H,21,24)(H,22,25). The number of anilines is 1. The highest BCUT2D eigenvalue weighted by molar-refractivity contribution is 7.92. The molecule has 30 heavy (non-hydrogen) atoms. The maximum absolute atomic E-state index is 12.6. The molecule has 0 aliphatic rings. The number of thiophene rings is 1. The molecule has 0 radical (unpaired) electrons. The first-order chi connectivity index (χ1) is 14.3. The Labute approximate surface area is 177 Å². The summed E-state index contributed by atoms with van der Waals surface area (Å²) < 4.78 is 32.8. The van der Waals surface area contributed by atoms with E-state index in [1.54, 1.807) is 36.4 Å². The van der Waals surface area contributed by atoms with Crippen molar-refractivity contribution in [2.75, 3.05) is 11.8 Å². The molecule has 0 spiro atoms. The first-order valence-corrected chi connectivity index (χ1v) is 11.0. The topological polar surface area (TPSA) is 114 Å². The zero-order valence-electron chi connectivity index (χ0n) is 16.1. The predicted molar refractivity (Wildman–Crippen MR) is 114 cm³/mol. The van der Waals surface area contributed by atoms with Crippen LogP contribution < -0.4 is 20.3 Å². The van der Waals surface area contributed by atoms with Gasteiger partial charge >= 0.3 is 0 Å². The Kier molecular flexibility index (Phi) is 6.38. The number of sulfonamides is 1. The van der Waals surface area contributed by atoms with Gasteiger partial charge in [0.2, 0.25) is 0 Å². The van der Waals surface area contributed by atoms with Gasteiger partial charge in [-0.2, -0.15) is 0 Å². The summed E-state index contributed by atoms with van der Waals surface area (Å²) in [5, 5.41) is 0. The SMILES string of the molecule is COc1ccc(NS(=O)(=O)c2cccc(C(=O)NNC(=O)c3ccc(C)s3)c2)cc1. The molecule has 0 bridgehead atoms. The minimum absolute atomic E-state index is 0.0790. The van der Waals surface area contributed by atoms with Gasteiger partial charge in [0.15, 0.2) is 0 Å². The summed E-state index contributed by atoms with van der Waals surface area (Å²) in [5.41, 5.74) is 5.03. The van der Waals surface area contributed by atoms with Crippen LogP contribution in [-0.2, 0) is 10.0 Å². The van der Waals surface area contributed by atoms with Crippen molar-refractivity contribution in [3.05, 3.63) is 76.0 Å². The molecular weight excluding hydrogens is 426 g/mol. The monoisotopic (exact) mass is 445 g/mol. The zero-order chi connectivity index (χ0) is 21.7. The van der Waals surface area contributed by atoms with Gasteiger partial charge in [0.25, 0.3) is 21.8 Å². The van der Waals surface area contributed by atoms with Gasteiger partial charge in [-0.15, -0.1) is 11.3 Å². The van der Waals surface area contributed by atoms with Crippen LogP contribution >= 0.6 is 11.3 Å². The number of carbonyl (C=O) groups is 2. The van der Waals surface area contributed by atoms with Crippen LogP contribution in [0.25, 0.3) is 0 Å². The van der Waals surface area contributed by atoms with E-state index in [2.05, 4.69) is 15.6 Å². The second kappa shape index (κ2) is 8.97. The molecule has 8 nitrogen and oxygen atoms in total. The van der Waals surface area contributed by atoms with Crippen LogP contribution in [-0.4, -0.2) is 27.3 Å². The van der Waals surface area contributed by atoms with Gasteiger partial charge in [0, 0.05) is 16.1 Å². The minimum Gasteiger partial charge on any atom is -0.497 e. The maximum atomic E-state index is 12.6. The number of methoxy groups -OCH3 is 1. The Hall–Kier alpha value is -3.37. The van der Waals surface area contributed by atoms with E-state index in [4.69, 9.17) is 4.74 Å². The van der Waals surface area contributed by atoms with Crippen LogP contribution in [0, 0.1) is 6.92 Å². The Morgan fingerprint density at radius 1 is 0.933 bits per heavy atom. The molecule has 10 heteroatoms. The van der Waals surface area contributed by atoms with Gasteiger partial charge in [-0.05, 0) is 61.5 Å². The van der Waals surface area contributed by atoms with Crippen LogP contribution in [0.5, 0.6) is 5.75 Å². The Balaban J connectivity index is 1.69. The number of hydrogen-bond donors (Lipinski definition) is 3. The lowest BCUT2D eigenvalue weighted by Gasteiger charge is -2.10. The molecule has 1 aromatic heterocycles. The third kappa shape index (κ3) is 5.16. The van der Waals surface area contributed by atoms with Gasteiger partial charge in [-0.3, -0.25) is 25.2 Å². The predicted octanol–water partition coefficient (Wildman–Crippen LogP) is 2.94. The average Bonchev–Trinajstić information content (AvgIpc) is 3.18. The molecule has 0 aliphatic carbocycles. The van der Waals surface area contributed by atoms with Crippen molar-refractivity contribution >= 4 is 38.9 Å². The molecule has 3 N–H and O–H groups in total. The molecule has 2 amide bonds. The average molecular weight is 446 g/mol. The number of aryl methyl sites for hydroxylation is 1. The van der Waals surface area contributed by atoms with Gasteiger partial charge < -0.3 is 4.74 Å². The summed E-state index contributed by atoms with van der Waals surface area (Å²) in [6, 6.07) is 15.3. The summed E-state index contributed by atoms with van der Waals surface area (Å²) in [6.07, 6.45) is 0. The molecule has 2 aromatic carbocycles. The number of ether oxygens (including phenoxy) is 1. The fourth-order valence-electron chi connectivity index (χ4n) is 2.48. The van der Waals surface area contributed by atoms with Gasteiger partial charge in [0.05, 0.1) is 16.9 Å². The largest absolute Gasteiger partial charge is 0.497 e. The minimum atomic E-state index is -3.92.